The molecule has 0 heterocycles. The average Bonchev–Trinajstić information content (AvgIpc) is 2.92. The molecule has 4 atom stereocenters. The summed E-state index contributed by atoms with van der Waals surface area (Å²) in [7, 11) is 0. The number of hydrogen-bond acceptors (Lipinski definition) is 2. The third kappa shape index (κ3) is 2.81. The molecule has 3 aliphatic rings. The van der Waals surface area contributed by atoms with E-state index in [1.165, 1.54) is 31.3 Å². The molecule has 0 N–H and O–H groups in total. The molecule has 0 aromatic carbocycles. The molecule has 0 aliphatic heterocycles. The third-order valence-corrected chi connectivity index (χ3v) is 6.80. The molecule has 0 aromatic rings. The molecule has 0 radical (unpaired) electrons. The maximum Gasteiger partial charge on any atom is 0.155 e. The van der Waals surface area contributed by atoms with Crippen molar-refractivity contribution in [2.24, 2.45) is 23.2 Å². The Kier molecular flexibility index (Phi) is 4.56. The predicted octanol–water partition coefficient (Wildman–Crippen LogP) is 4.87. The van der Waals surface area contributed by atoms with Crippen molar-refractivity contribution < 1.29 is 9.59 Å². The highest BCUT2D eigenvalue weighted by Gasteiger charge is 2.49. The molecule has 0 spiro atoms. The minimum Gasteiger partial charge on any atom is -0.300 e. The molecule has 0 bridgehead atoms. The largest absolute Gasteiger partial charge is 0.300 e. The molecule has 3 unspecified atom stereocenters. The Morgan fingerprint density at radius 2 is 2.00 bits per heavy atom. The first-order chi connectivity index (χ1) is 10.5. The summed E-state index contributed by atoms with van der Waals surface area (Å²) >= 11 is 0. The van der Waals surface area contributed by atoms with Gasteiger partial charge in [0.05, 0.1) is 0 Å². The Balaban J connectivity index is 1.87. The molecule has 2 nitrogen and oxygen atoms in total. The Morgan fingerprint density at radius 3 is 2.68 bits per heavy atom. The highest BCUT2D eigenvalue weighted by atomic mass is 16.1. The number of unbranched alkanes of at least 4 members (excludes halogenated alkanes) is 1. The van der Waals surface area contributed by atoms with E-state index in [1.54, 1.807) is 0 Å². The van der Waals surface area contributed by atoms with Crippen molar-refractivity contribution in [1.29, 1.82) is 0 Å². The minimum atomic E-state index is 0.220. The molecule has 0 aromatic heterocycles. The number of Topliss-reactive ketones (excluding diaryl/α,β-unsaturated/α-hetero) is 1. The van der Waals surface area contributed by atoms with Crippen LogP contribution in [0.25, 0.3) is 0 Å². The van der Waals surface area contributed by atoms with Gasteiger partial charge in [0.25, 0.3) is 0 Å². The normalized spacial score (nSPS) is 38.8. The fourth-order valence-corrected chi connectivity index (χ4v) is 5.48. The smallest absolute Gasteiger partial charge is 0.155 e. The van der Waals surface area contributed by atoms with Gasteiger partial charge in [0.2, 0.25) is 0 Å². The quantitative estimate of drug-likeness (QED) is 0.742. The number of fused-ring (bicyclic) bond motifs is 1. The predicted molar refractivity (Wildman–Crippen MR) is 88.5 cm³/mol. The summed E-state index contributed by atoms with van der Waals surface area (Å²) in [5, 5.41) is 0. The maximum absolute atomic E-state index is 11.8. The number of carbonyl (C=O) groups excluding carboxylic acids is 2. The molecule has 2 saturated carbocycles. The van der Waals surface area contributed by atoms with E-state index in [1.807, 2.05) is 6.08 Å². The minimum absolute atomic E-state index is 0.220. The number of allylic oxidation sites excluding steroid dienone is 2. The van der Waals surface area contributed by atoms with E-state index in [-0.39, 0.29) is 5.41 Å². The summed E-state index contributed by atoms with van der Waals surface area (Å²) in [4.78, 5) is 23.6. The lowest BCUT2D eigenvalue weighted by atomic mass is 9.53. The molecule has 0 amide bonds. The maximum atomic E-state index is 11.8. The monoisotopic (exact) mass is 302 g/mol. The number of ketones is 2. The fraction of sp³-hybridized carbons (Fsp3) is 0.800. The molecule has 2 fully saturated rings. The lowest BCUT2D eigenvalue weighted by Gasteiger charge is -2.51. The summed E-state index contributed by atoms with van der Waals surface area (Å²) < 4.78 is 0. The van der Waals surface area contributed by atoms with E-state index in [2.05, 4.69) is 13.8 Å². The Labute approximate surface area is 134 Å². The van der Waals surface area contributed by atoms with Gasteiger partial charge in [-0.3, -0.25) is 9.59 Å². The lowest BCUT2D eigenvalue weighted by molar-refractivity contribution is -0.117. The van der Waals surface area contributed by atoms with Crippen LogP contribution in [0.5, 0.6) is 0 Å². The van der Waals surface area contributed by atoms with Gasteiger partial charge in [0, 0.05) is 19.3 Å². The topological polar surface area (TPSA) is 34.1 Å². The van der Waals surface area contributed by atoms with Crippen LogP contribution in [0.2, 0.25) is 0 Å². The molecule has 0 saturated heterocycles. The first-order valence-electron chi connectivity index (χ1n) is 9.30. The van der Waals surface area contributed by atoms with Crippen molar-refractivity contribution in [2.45, 2.75) is 78.1 Å². The summed E-state index contributed by atoms with van der Waals surface area (Å²) in [5.41, 5.74) is 1.64. The number of hydrogen-bond donors (Lipinski definition) is 0. The Bertz CT molecular complexity index is 490. The summed E-state index contributed by atoms with van der Waals surface area (Å²) in [6.45, 7) is 4.68. The van der Waals surface area contributed by atoms with Crippen LogP contribution in [0.1, 0.15) is 78.1 Å². The van der Waals surface area contributed by atoms with Crippen molar-refractivity contribution in [1.82, 2.24) is 0 Å². The number of rotatable bonds is 4. The molecular formula is C20H30O2. The van der Waals surface area contributed by atoms with Crippen LogP contribution in [0.3, 0.4) is 0 Å². The summed E-state index contributed by atoms with van der Waals surface area (Å²) in [6, 6.07) is 0. The second kappa shape index (κ2) is 6.29. The van der Waals surface area contributed by atoms with Gasteiger partial charge in [0.15, 0.2) is 5.78 Å². The molecule has 3 rings (SSSR count). The van der Waals surface area contributed by atoms with Crippen LogP contribution in [-0.4, -0.2) is 11.6 Å². The zero-order valence-corrected chi connectivity index (χ0v) is 14.2. The van der Waals surface area contributed by atoms with Crippen LogP contribution >= 0.6 is 0 Å². The second-order valence-electron chi connectivity index (χ2n) is 8.05. The lowest BCUT2D eigenvalue weighted by Crippen LogP contribution is -2.43. The van der Waals surface area contributed by atoms with Gasteiger partial charge in [-0.1, -0.05) is 32.3 Å². The van der Waals surface area contributed by atoms with Crippen molar-refractivity contribution in [3.8, 4) is 0 Å². The zero-order chi connectivity index (χ0) is 15.7. The fourth-order valence-electron chi connectivity index (χ4n) is 5.48. The summed E-state index contributed by atoms with van der Waals surface area (Å²) in [5.74, 6) is 2.80. The van der Waals surface area contributed by atoms with E-state index in [4.69, 9.17) is 0 Å². The van der Waals surface area contributed by atoms with E-state index >= 15 is 0 Å². The standard InChI is InChI=1S/C20H30O2/c1-3-4-5-19-18(14-6-8-16(21)12-14)9-7-15-13-17(22)10-11-20(15,19)2/h13-14,18-19H,3-12H2,1-2H3/t14?,18?,19?,20-/m0/s1. The van der Waals surface area contributed by atoms with Gasteiger partial charge in [-0.05, 0) is 61.3 Å². The Hall–Kier alpha value is -0.920. The van der Waals surface area contributed by atoms with Crippen molar-refractivity contribution >= 4 is 11.6 Å². The van der Waals surface area contributed by atoms with Crippen LogP contribution in [0.4, 0.5) is 0 Å². The van der Waals surface area contributed by atoms with Crippen molar-refractivity contribution in [2.75, 3.05) is 0 Å². The highest BCUT2D eigenvalue weighted by molar-refractivity contribution is 5.91. The number of carbonyl (C=O) groups is 2. The second-order valence-corrected chi connectivity index (χ2v) is 8.05. The van der Waals surface area contributed by atoms with E-state index in [9.17, 15) is 9.59 Å². The van der Waals surface area contributed by atoms with Gasteiger partial charge in [-0.2, -0.15) is 0 Å². The molecule has 3 aliphatic carbocycles. The average molecular weight is 302 g/mol. The SMILES string of the molecule is CCCCC1C(C2CCC(=O)C2)CCC2=CC(=O)CC[C@@]21C. The van der Waals surface area contributed by atoms with Crippen LogP contribution in [-0.2, 0) is 9.59 Å². The first kappa shape index (κ1) is 16.0. The Morgan fingerprint density at radius 1 is 1.18 bits per heavy atom. The van der Waals surface area contributed by atoms with E-state index < -0.39 is 0 Å². The third-order valence-electron chi connectivity index (χ3n) is 6.80. The van der Waals surface area contributed by atoms with E-state index in [0.717, 1.165) is 38.5 Å². The highest BCUT2D eigenvalue weighted by Crippen LogP contribution is 2.57. The molecule has 22 heavy (non-hydrogen) atoms. The van der Waals surface area contributed by atoms with Crippen LogP contribution in [0, 0.1) is 23.2 Å². The van der Waals surface area contributed by atoms with Gasteiger partial charge in [-0.15, -0.1) is 0 Å². The van der Waals surface area contributed by atoms with Gasteiger partial charge >= 0.3 is 0 Å². The van der Waals surface area contributed by atoms with Crippen LogP contribution in [0.15, 0.2) is 11.6 Å². The summed E-state index contributed by atoms with van der Waals surface area (Å²) in [6.07, 6.45) is 12.5. The zero-order valence-electron chi connectivity index (χ0n) is 14.2. The molecule has 122 valence electrons. The van der Waals surface area contributed by atoms with Gasteiger partial charge in [0.1, 0.15) is 5.78 Å². The van der Waals surface area contributed by atoms with Gasteiger partial charge < -0.3 is 0 Å². The van der Waals surface area contributed by atoms with Crippen molar-refractivity contribution in [3.63, 3.8) is 0 Å². The van der Waals surface area contributed by atoms with Crippen molar-refractivity contribution in [3.05, 3.63) is 11.6 Å². The first-order valence-corrected chi connectivity index (χ1v) is 9.30. The van der Waals surface area contributed by atoms with Crippen LogP contribution < -0.4 is 0 Å². The molecule has 2 heteroatoms. The molecular weight excluding hydrogens is 272 g/mol. The van der Waals surface area contributed by atoms with Gasteiger partial charge in [-0.25, -0.2) is 0 Å². The van der Waals surface area contributed by atoms with E-state index in [0.29, 0.717) is 29.3 Å².